The Morgan fingerprint density at radius 2 is 0.723 bits per heavy atom. The van der Waals surface area contributed by atoms with Gasteiger partial charge in [-0.05, 0) is 133 Å². The minimum absolute atomic E-state index is 0. The van der Waals surface area contributed by atoms with Crippen LogP contribution < -0.4 is 40.3 Å². The molecule has 2 aromatic heterocycles. The molecule has 83 heavy (non-hydrogen) atoms. The van der Waals surface area contributed by atoms with Crippen LogP contribution in [0.5, 0.6) is 46.0 Å². The van der Waals surface area contributed by atoms with Gasteiger partial charge in [-0.3, -0.25) is 19.0 Å². The van der Waals surface area contributed by atoms with Gasteiger partial charge in [0.05, 0.1) is 62.6 Å². The van der Waals surface area contributed by atoms with Crippen LogP contribution in [0.2, 0.25) is 0 Å². The van der Waals surface area contributed by atoms with E-state index in [0.717, 1.165) is 0 Å². The first-order chi connectivity index (χ1) is 39.4. The second kappa shape index (κ2) is 28.7. The summed E-state index contributed by atoms with van der Waals surface area (Å²) in [5.74, 6) is 0.390. The standard InChI is InChI=1S/2C32H31N3O6.Co/c2*1-21-31(32(39)35(34(21)2)25-8-6-5-7-9-25)33-24(14-10-22-12-16-27(37)29(18-22)40-3)20-26(36)15-11-23-13-17-28(38)30(19-23)41-4;/h2*5-20,36-38H,1-4H3;/q;;+2/p-2/b2*14-10+,15-11+,26-20-,33-24?;. The van der Waals surface area contributed by atoms with Crippen molar-refractivity contribution in [2.45, 2.75) is 13.8 Å². The number of nitrogens with zero attached hydrogens (tertiary/aromatic N) is 6. The smallest absolute Gasteiger partial charge is 0.872 e. The van der Waals surface area contributed by atoms with E-state index in [0.29, 0.717) is 56.5 Å². The number of hydrogen-bond donors (Lipinski definition) is 4. The maximum absolute atomic E-state index is 13.4. The number of aromatic nitrogens is 4. The number of allylic oxidation sites excluding steroid dienone is 6. The van der Waals surface area contributed by atoms with Gasteiger partial charge in [-0.15, -0.1) is 11.5 Å². The average Bonchev–Trinajstić information content (AvgIpc) is 3.84. The van der Waals surface area contributed by atoms with Crippen molar-refractivity contribution < 1.29 is 66.4 Å². The predicted molar refractivity (Wildman–Crippen MR) is 317 cm³/mol. The summed E-state index contributed by atoms with van der Waals surface area (Å²) in [6, 6.07) is 37.5. The largest absolute Gasteiger partial charge is 2.00 e. The molecule has 0 atom stereocenters. The molecule has 0 fully saturated rings. The van der Waals surface area contributed by atoms with Gasteiger partial charge in [0.1, 0.15) is 0 Å². The third-order valence-electron chi connectivity index (χ3n) is 12.7. The molecule has 4 N–H and O–H groups in total. The molecule has 427 valence electrons. The van der Waals surface area contributed by atoms with Crippen molar-refractivity contribution in [3.05, 3.63) is 236 Å². The van der Waals surface area contributed by atoms with Crippen LogP contribution in [0.15, 0.2) is 201 Å². The molecule has 1 radical (unpaired) electrons. The van der Waals surface area contributed by atoms with Gasteiger partial charge < -0.3 is 49.6 Å². The Kier molecular flexibility index (Phi) is 21.4. The molecular formula is C64H60CoN6O12. The Morgan fingerprint density at radius 1 is 0.446 bits per heavy atom. The summed E-state index contributed by atoms with van der Waals surface area (Å²) in [4.78, 5) is 36.1. The molecule has 8 rings (SSSR count). The molecule has 0 aliphatic heterocycles. The van der Waals surface area contributed by atoms with Crippen LogP contribution in [-0.4, -0.2) is 79.0 Å². The molecule has 0 saturated carbocycles. The Balaban J connectivity index is 0.000000263. The van der Waals surface area contributed by atoms with Gasteiger partial charge in [0, 0.05) is 14.1 Å². The number of benzene rings is 6. The van der Waals surface area contributed by atoms with Crippen molar-refractivity contribution in [1.29, 1.82) is 0 Å². The van der Waals surface area contributed by atoms with Crippen molar-refractivity contribution in [2.75, 3.05) is 28.4 Å². The second-order valence-corrected chi connectivity index (χ2v) is 18.0. The van der Waals surface area contributed by atoms with E-state index in [-0.39, 0.29) is 96.7 Å². The number of hydrogen-bond acceptors (Lipinski definition) is 14. The predicted octanol–water partition coefficient (Wildman–Crippen LogP) is 9.31. The number of phenolic OH excluding ortho intramolecular Hbond substituents is 4. The fourth-order valence-electron chi connectivity index (χ4n) is 8.16. The molecule has 0 aliphatic rings. The summed E-state index contributed by atoms with van der Waals surface area (Å²) in [7, 11) is 9.33. The summed E-state index contributed by atoms with van der Waals surface area (Å²) < 4.78 is 27.1. The number of phenols is 4. The third kappa shape index (κ3) is 15.5. The summed E-state index contributed by atoms with van der Waals surface area (Å²) in [5, 5.41) is 65.4. The Labute approximate surface area is 489 Å². The van der Waals surface area contributed by atoms with Gasteiger partial charge in [0.15, 0.2) is 57.4 Å². The van der Waals surface area contributed by atoms with E-state index >= 15 is 0 Å². The molecular weight excluding hydrogens is 1100 g/mol. The number of para-hydroxylation sites is 2. The Morgan fingerprint density at radius 3 is 1.00 bits per heavy atom. The van der Waals surface area contributed by atoms with E-state index in [9.17, 15) is 40.2 Å². The van der Waals surface area contributed by atoms with Crippen LogP contribution in [0.25, 0.3) is 35.7 Å². The van der Waals surface area contributed by atoms with Crippen molar-refractivity contribution in [2.24, 2.45) is 24.1 Å². The van der Waals surface area contributed by atoms with Crippen LogP contribution in [0, 0.1) is 13.8 Å². The SMILES string of the molecule is COc1cc(/C=C/C(/C=C([O-])/C=C/c2ccc(O)c(OC)c2)=Nc2c(C)n(C)n(-c3ccccc3)c2=O)ccc1O.COc1cc(/C=C/C(/C=C([O-])/C=C/c2ccc(O)c(OC)c2)=Nc2c(C)n(C)n(-c3ccccc3)c2=O)ccc1O.[Co+2]. The van der Waals surface area contributed by atoms with Gasteiger partial charge in [0.25, 0.3) is 11.1 Å². The van der Waals surface area contributed by atoms with Crippen LogP contribution in [0.1, 0.15) is 33.6 Å². The molecule has 19 heteroatoms. The number of aliphatic imine (C=N–C) groups is 2. The fraction of sp³-hybridized carbons (Fsp3) is 0.125. The minimum Gasteiger partial charge on any atom is -0.872 e. The van der Waals surface area contributed by atoms with E-state index in [1.165, 1.54) is 86.4 Å². The van der Waals surface area contributed by atoms with E-state index in [2.05, 4.69) is 9.98 Å². The third-order valence-corrected chi connectivity index (χ3v) is 12.7. The number of aromatic hydroxyl groups is 4. The molecule has 0 amide bonds. The first-order valence-electron chi connectivity index (χ1n) is 25.3. The molecule has 0 aliphatic carbocycles. The molecule has 8 aromatic rings. The van der Waals surface area contributed by atoms with Gasteiger partial charge >= 0.3 is 16.8 Å². The topological polar surface area (TPSA) is 243 Å². The normalized spacial score (nSPS) is 12.2. The van der Waals surface area contributed by atoms with E-state index in [1.807, 2.05) is 60.7 Å². The number of rotatable bonds is 18. The number of ether oxygens (including phenoxy) is 4. The molecule has 6 aromatic carbocycles. The van der Waals surface area contributed by atoms with Crippen molar-refractivity contribution in [3.8, 4) is 57.4 Å². The summed E-state index contributed by atoms with van der Waals surface area (Å²) in [6.45, 7) is 3.57. The van der Waals surface area contributed by atoms with Crippen LogP contribution in [0.4, 0.5) is 11.4 Å². The van der Waals surface area contributed by atoms with Crippen LogP contribution in [0.3, 0.4) is 0 Å². The van der Waals surface area contributed by atoms with Gasteiger partial charge in [-0.2, -0.15) is 0 Å². The second-order valence-electron chi connectivity index (χ2n) is 18.0. The zero-order valence-electron chi connectivity index (χ0n) is 46.5. The first-order valence-corrected chi connectivity index (χ1v) is 25.3. The maximum Gasteiger partial charge on any atom is 2.00 e. The maximum atomic E-state index is 13.4. The molecule has 18 nitrogen and oxygen atoms in total. The van der Waals surface area contributed by atoms with Crippen LogP contribution >= 0.6 is 0 Å². The molecule has 0 saturated heterocycles. The Bertz CT molecular complexity index is 3720. The van der Waals surface area contributed by atoms with Gasteiger partial charge in [-0.1, -0.05) is 97.1 Å². The summed E-state index contributed by atoms with van der Waals surface area (Å²) in [5.41, 5.74) is 5.46. The summed E-state index contributed by atoms with van der Waals surface area (Å²) >= 11 is 0. The van der Waals surface area contributed by atoms with Crippen molar-refractivity contribution >= 4 is 47.1 Å². The molecule has 0 bridgehead atoms. The van der Waals surface area contributed by atoms with E-state index in [4.69, 9.17) is 18.9 Å². The van der Waals surface area contributed by atoms with Gasteiger partial charge in [0.2, 0.25) is 0 Å². The fourth-order valence-corrected chi connectivity index (χ4v) is 8.16. The average molecular weight is 1160 g/mol. The molecule has 0 unspecified atom stereocenters. The minimum atomic E-state index is -0.374. The Hall–Kier alpha value is -10.4. The van der Waals surface area contributed by atoms with Crippen molar-refractivity contribution in [3.63, 3.8) is 0 Å². The zero-order chi connectivity index (χ0) is 59.0. The van der Waals surface area contributed by atoms with E-state index in [1.54, 1.807) is 122 Å². The van der Waals surface area contributed by atoms with Crippen molar-refractivity contribution in [1.82, 2.24) is 18.7 Å². The summed E-state index contributed by atoms with van der Waals surface area (Å²) in [6.07, 6.45) is 15.2. The quantitative estimate of drug-likeness (QED) is 0.0357. The number of methoxy groups -OCH3 is 4. The van der Waals surface area contributed by atoms with Crippen LogP contribution in [-0.2, 0) is 30.9 Å². The zero-order valence-corrected chi connectivity index (χ0v) is 47.6. The molecule has 2 heterocycles. The first kappa shape index (κ1) is 61.8. The van der Waals surface area contributed by atoms with Gasteiger partial charge in [-0.25, -0.2) is 19.3 Å². The molecule has 0 spiro atoms. The monoisotopic (exact) mass is 1160 g/mol. The van der Waals surface area contributed by atoms with E-state index < -0.39 is 0 Å².